The van der Waals surface area contributed by atoms with Crippen LogP contribution in [0, 0.1) is 59.2 Å². The van der Waals surface area contributed by atoms with Crippen LogP contribution in [-0.4, -0.2) is 52.3 Å². The van der Waals surface area contributed by atoms with Gasteiger partial charge in [-0.15, -0.1) is 0 Å². The summed E-state index contributed by atoms with van der Waals surface area (Å²) < 4.78 is 20.0. The van der Waals surface area contributed by atoms with E-state index in [1.807, 2.05) is 0 Å². The fraction of sp³-hybridized carbons (Fsp3) is 0.818. The van der Waals surface area contributed by atoms with Gasteiger partial charge in [-0.1, -0.05) is 0 Å². The highest BCUT2D eigenvalue weighted by Crippen LogP contribution is 2.65. The maximum Gasteiger partial charge on any atom is 0.309 e. The molecule has 10 atom stereocenters. The van der Waals surface area contributed by atoms with Crippen LogP contribution in [0.2, 0.25) is 0 Å². The SMILES string of the molecule is COC(=O)C1C2CC(C(C3CC4C[C@@H]3C(C(=O)OC)C4C(=O)OC)C2)C1C(=O)OC. The molecule has 0 amide bonds. The Bertz CT molecular complexity index is 685. The van der Waals surface area contributed by atoms with Crippen LogP contribution >= 0.6 is 0 Å². The molecule has 0 aliphatic heterocycles. The van der Waals surface area contributed by atoms with Crippen LogP contribution in [0.1, 0.15) is 25.7 Å². The Balaban J connectivity index is 1.59. The Labute approximate surface area is 175 Å². The van der Waals surface area contributed by atoms with Crippen molar-refractivity contribution in [3.8, 4) is 0 Å². The van der Waals surface area contributed by atoms with Crippen LogP contribution in [0.4, 0.5) is 0 Å². The molecule has 0 saturated heterocycles. The van der Waals surface area contributed by atoms with Gasteiger partial charge < -0.3 is 18.9 Å². The number of rotatable bonds is 5. The van der Waals surface area contributed by atoms with E-state index in [2.05, 4.69) is 0 Å². The highest BCUT2D eigenvalue weighted by atomic mass is 16.5. The molecule has 4 rings (SSSR count). The number of hydrogen-bond acceptors (Lipinski definition) is 8. The third-order valence-corrected chi connectivity index (χ3v) is 8.55. The second-order valence-corrected chi connectivity index (χ2v) is 9.31. The lowest BCUT2D eigenvalue weighted by atomic mass is 9.62. The fourth-order valence-corrected chi connectivity index (χ4v) is 7.67. The van der Waals surface area contributed by atoms with Crippen LogP contribution in [-0.2, 0) is 38.1 Å². The first kappa shape index (κ1) is 21.1. The molecule has 4 saturated carbocycles. The number of hydrogen-bond donors (Lipinski definition) is 0. The lowest BCUT2D eigenvalue weighted by molar-refractivity contribution is -0.164. The molecule has 4 aliphatic rings. The molecule has 8 heteroatoms. The first-order chi connectivity index (χ1) is 14.4. The van der Waals surface area contributed by atoms with E-state index < -0.39 is 23.7 Å². The highest BCUT2D eigenvalue weighted by Gasteiger charge is 2.65. The topological polar surface area (TPSA) is 105 Å². The quantitative estimate of drug-likeness (QED) is 0.484. The summed E-state index contributed by atoms with van der Waals surface area (Å²) in [5.41, 5.74) is 0. The molecule has 30 heavy (non-hydrogen) atoms. The van der Waals surface area contributed by atoms with E-state index in [-0.39, 0.29) is 59.4 Å². The minimum Gasteiger partial charge on any atom is -0.469 e. The minimum absolute atomic E-state index is 0.0331. The van der Waals surface area contributed by atoms with Gasteiger partial charge in [0.2, 0.25) is 0 Å². The largest absolute Gasteiger partial charge is 0.469 e. The smallest absolute Gasteiger partial charge is 0.309 e. The lowest BCUT2D eigenvalue weighted by Gasteiger charge is -2.41. The van der Waals surface area contributed by atoms with Crippen molar-refractivity contribution in [1.82, 2.24) is 0 Å². The molecule has 0 N–H and O–H groups in total. The third kappa shape index (κ3) is 2.94. The van der Waals surface area contributed by atoms with Crippen molar-refractivity contribution in [3.05, 3.63) is 0 Å². The average molecular weight is 422 g/mol. The normalized spacial score (nSPS) is 43.3. The Morgan fingerprint density at radius 2 is 0.733 bits per heavy atom. The third-order valence-electron chi connectivity index (χ3n) is 8.55. The van der Waals surface area contributed by atoms with E-state index in [4.69, 9.17) is 18.9 Å². The number of esters is 4. The van der Waals surface area contributed by atoms with Gasteiger partial charge in [-0.05, 0) is 61.2 Å². The first-order valence-corrected chi connectivity index (χ1v) is 10.7. The van der Waals surface area contributed by atoms with Crippen LogP contribution < -0.4 is 0 Å². The molecule has 4 fully saturated rings. The Morgan fingerprint density at radius 3 is 1.03 bits per heavy atom. The summed E-state index contributed by atoms with van der Waals surface area (Å²) in [6.07, 6.45) is 3.26. The van der Waals surface area contributed by atoms with Crippen LogP contribution in [0.5, 0.6) is 0 Å². The molecule has 0 aromatic heterocycles. The molecule has 0 radical (unpaired) electrons. The second kappa shape index (κ2) is 7.85. The number of methoxy groups -OCH3 is 4. The summed E-state index contributed by atoms with van der Waals surface area (Å²) in [5, 5.41) is 0. The van der Waals surface area contributed by atoms with Crippen LogP contribution in [0.25, 0.3) is 0 Å². The molecule has 8 nitrogen and oxygen atoms in total. The summed E-state index contributed by atoms with van der Waals surface area (Å²) in [5.74, 6) is -2.64. The maximum absolute atomic E-state index is 12.6. The van der Waals surface area contributed by atoms with E-state index >= 15 is 0 Å². The van der Waals surface area contributed by atoms with Crippen molar-refractivity contribution < 1.29 is 38.1 Å². The number of ether oxygens (including phenoxy) is 4. The zero-order valence-electron chi connectivity index (χ0n) is 17.9. The summed E-state index contributed by atoms with van der Waals surface area (Å²) in [6, 6.07) is 0. The van der Waals surface area contributed by atoms with Crippen LogP contribution in [0.15, 0.2) is 0 Å². The second-order valence-electron chi connectivity index (χ2n) is 9.31. The predicted octanol–water partition coefficient (Wildman–Crippen LogP) is 1.46. The molecule has 0 aromatic carbocycles. The molecular formula is C22H30O8. The van der Waals surface area contributed by atoms with Gasteiger partial charge in [-0.3, -0.25) is 19.2 Å². The Hall–Kier alpha value is -2.12. The average Bonchev–Trinajstić information content (AvgIpc) is 3.53. The standard InChI is InChI=1S/C22H30O8/c1-27-19(23)15-9-5-11(13(7-9)17(15)21(25)29-3)12-6-10-8-14(12)18(22(26)30-4)16(10)20(24)28-2/h9-18H,5-8H2,1-4H3/t9?,10?,11?,12?,13-,14?,15?,16?,17?,18?/m0/s1. The highest BCUT2D eigenvalue weighted by molar-refractivity contribution is 5.84. The molecule has 9 unspecified atom stereocenters. The van der Waals surface area contributed by atoms with Crippen molar-refractivity contribution in [1.29, 1.82) is 0 Å². The first-order valence-electron chi connectivity index (χ1n) is 10.7. The summed E-state index contributed by atoms with van der Waals surface area (Å²) in [4.78, 5) is 49.9. The summed E-state index contributed by atoms with van der Waals surface area (Å²) in [7, 11) is 5.40. The number of carbonyl (C=O) groups is 4. The van der Waals surface area contributed by atoms with E-state index in [1.54, 1.807) is 0 Å². The summed E-state index contributed by atoms with van der Waals surface area (Å²) in [6.45, 7) is 0. The fourth-order valence-electron chi connectivity index (χ4n) is 7.67. The number of fused-ring (bicyclic) bond motifs is 4. The summed E-state index contributed by atoms with van der Waals surface area (Å²) >= 11 is 0. The molecule has 166 valence electrons. The molecule has 0 spiro atoms. The van der Waals surface area contributed by atoms with Crippen molar-refractivity contribution in [2.24, 2.45) is 59.2 Å². The van der Waals surface area contributed by atoms with Gasteiger partial charge in [0.25, 0.3) is 0 Å². The zero-order valence-corrected chi connectivity index (χ0v) is 17.9. The predicted molar refractivity (Wildman–Crippen MR) is 101 cm³/mol. The van der Waals surface area contributed by atoms with Gasteiger partial charge in [-0.25, -0.2) is 0 Å². The Morgan fingerprint density at radius 1 is 0.467 bits per heavy atom. The molecular weight excluding hydrogens is 392 g/mol. The van der Waals surface area contributed by atoms with Gasteiger partial charge in [0.15, 0.2) is 0 Å². The van der Waals surface area contributed by atoms with Crippen molar-refractivity contribution in [2.45, 2.75) is 25.7 Å². The minimum atomic E-state index is -0.502. The van der Waals surface area contributed by atoms with E-state index in [0.29, 0.717) is 0 Å². The van der Waals surface area contributed by atoms with Gasteiger partial charge in [0.1, 0.15) is 0 Å². The Kier molecular flexibility index (Phi) is 5.53. The molecule has 4 aliphatic carbocycles. The van der Waals surface area contributed by atoms with Gasteiger partial charge in [0, 0.05) is 0 Å². The van der Waals surface area contributed by atoms with E-state index in [9.17, 15) is 19.2 Å². The monoisotopic (exact) mass is 422 g/mol. The molecule has 0 heterocycles. The van der Waals surface area contributed by atoms with E-state index in [0.717, 1.165) is 25.7 Å². The van der Waals surface area contributed by atoms with Crippen molar-refractivity contribution >= 4 is 23.9 Å². The van der Waals surface area contributed by atoms with Crippen molar-refractivity contribution in [2.75, 3.05) is 28.4 Å². The van der Waals surface area contributed by atoms with Crippen molar-refractivity contribution in [3.63, 3.8) is 0 Å². The van der Waals surface area contributed by atoms with E-state index in [1.165, 1.54) is 28.4 Å². The molecule has 0 aromatic rings. The lowest BCUT2D eigenvalue weighted by Crippen LogP contribution is -2.45. The number of carbonyl (C=O) groups excluding carboxylic acids is 4. The van der Waals surface area contributed by atoms with Gasteiger partial charge in [-0.2, -0.15) is 0 Å². The van der Waals surface area contributed by atoms with Gasteiger partial charge >= 0.3 is 23.9 Å². The van der Waals surface area contributed by atoms with Gasteiger partial charge in [0.05, 0.1) is 52.1 Å². The van der Waals surface area contributed by atoms with Crippen LogP contribution in [0.3, 0.4) is 0 Å². The zero-order chi connectivity index (χ0) is 21.7. The molecule has 4 bridgehead atoms. The maximum atomic E-state index is 12.6.